The molecule has 0 bridgehead atoms. The van der Waals surface area contributed by atoms with Crippen molar-refractivity contribution in [3.05, 3.63) is 29.8 Å². The highest BCUT2D eigenvalue weighted by atomic mass is 16.1. The lowest BCUT2D eigenvalue weighted by atomic mass is 10.1. The van der Waals surface area contributed by atoms with Gasteiger partial charge < -0.3 is 11.1 Å². The van der Waals surface area contributed by atoms with Gasteiger partial charge in [-0.3, -0.25) is 15.6 Å². The Bertz CT molecular complexity index is 600. The molecule has 7 heteroatoms. The van der Waals surface area contributed by atoms with Crippen LogP contribution in [0.25, 0.3) is 0 Å². The van der Waals surface area contributed by atoms with E-state index in [-0.39, 0.29) is 11.6 Å². The number of anilines is 1. The predicted molar refractivity (Wildman–Crippen MR) is 82.2 cm³/mol. The number of carbonyl (C=O) groups excluding carboxylic acids is 1. The number of hydrogen-bond acceptors (Lipinski definition) is 5. The van der Waals surface area contributed by atoms with Gasteiger partial charge in [0.25, 0.3) is 5.91 Å². The predicted octanol–water partition coefficient (Wildman–Crippen LogP) is 1.30. The van der Waals surface area contributed by atoms with Gasteiger partial charge in [0.05, 0.1) is 5.69 Å². The first kappa shape index (κ1) is 16.2. The van der Waals surface area contributed by atoms with Crippen molar-refractivity contribution in [2.75, 3.05) is 12.0 Å². The van der Waals surface area contributed by atoms with Gasteiger partial charge >= 0.3 is 0 Å². The van der Waals surface area contributed by atoms with E-state index in [1.165, 1.54) is 0 Å². The number of benzene rings is 1. The molecule has 1 amide bonds. The minimum atomic E-state index is -0.421. The number of hydrazone groups is 1. The molecule has 0 aliphatic heterocycles. The van der Waals surface area contributed by atoms with Crippen molar-refractivity contribution < 1.29 is 4.79 Å². The molecule has 0 unspecified atom stereocenters. The van der Waals surface area contributed by atoms with E-state index in [1.54, 1.807) is 30.3 Å². The lowest BCUT2D eigenvalue weighted by Crippen LogP contribution is -2.27. The summed E-state index contributed by atoms with van der Waals surface area (Å²) in [6.45, 7) is 4.62. The number of nitriles is 1. The van der Waals surface area contributed by atoms with E-state index in [1.807, 2.05) is 13.8 Å². The fourth-order valence-corrected chi connectivity index (χ4v) is 1.39. The molecule has 1 aromatic carbocycles. The molecule has 0 atom stereocenters. The first-order valence-corrected chi connectivity index (χ1v) is 6.40. The normalized spacial score (nSPS) is 10.9. The minimum Gasteiger partial charge on any atom is -0.382 e. The average molecular weight is 286 g/mol. The van der Waals surface area contributed by atoms with E-state index in [0.29, 0.717) is 23.7 Å². The Morgan fingerprint density at radius 2 is 2.24 bits per heavy atom. The Hall–Kier alpha value is -2.88. The summed E-state index contributed by atoms with van der Waals surface area (Å²) in [4.78, 5) is 11.9. The molecule has 0 saturated heterocycles. The van der Waals surface area contributed by atoms with Crippen molar-refractivity contribution in [1.82, 2.24) is 5.32 Å². The first-order chi connectivity index (χ1) is 9.93. The Balaban J connectivity index is 2.79. The second-order valence-corrected chi connectivity index (χ2v) is 4.78. The highest BCUT2D eigenvalue weighted by Crippen LogP contribution is 2.10. The fraction of sp³-hybridized carbons (Fsp3) is 0.286. The summed E-state index contributed by atoms with van der Waals surface area (Å²) in [6, 6.07) is 8.38. The molecular formula is C14H18N6O. The van der Waals surface area contributed by atoms with Crippen LogP contribution >= 0.6 is 0 Å². The summed E-state index contributed by atoms with van der Waals surface area (Å²) < 4.78 is 0. The number of rotatable bonds is 6. The molecular weight excluding hydrogens is 268 g/mol. The van der Waals surface area contributed by atoms with Crippen molar-refractivity contribution in [3.63, 3.8) is 0 Å². The van der Waals surface area contributed by atoms with Gasteiger partial charge in [-0.2, -0.15) is 10.4 Å². The van der Waals surface area contributed by atoms with Gasteiger partial charge in [0.2, 0.25) is 5.71 Å². The molecule has 0 aromatic heterocycles. The van der Waals surface area contributed by atoms with Crippen molar-refractivity contribution in [3.8, 4) is 6.07 Å². The van der Waals surface area contributed by atoms with Crippen LogP contribution in [0.15, 0.2) is 29.4 Å². The van der Waals surface area contributed by atoms with E-state index >= 15 is 0 Å². The Kier molecular flexibility index (Phi) is 5.89. The van der Waals surface area contributed by atoms with Gasteiger partial charge in [-0.25, -0.2) is 0 Å². The van der Waals surface area contributed by atoms with Crippen LogP contribution in [0.4, 0.5) is 5.69 Å². The Morgan fingerprint density at radius 1 is 1.52 bits per heavy atom. The zero-order valence-corrected chi connectivity index (χ0v) is 12.0. The summed E-state index contributed by atoms with van der Waals surface area (Å²) in [7, 11) is 0. The maximum Gasteiger partial charge on any atom is 0.251 e. The van der Waals surface area contributed by atoms with Crippen LogP contribution in [0.1, 0.15) is 24.2 Å². The second kappa shape index (κ2) is 7.65. The smallest absolute Gasteiger partial charge is 0.251 e. The average Bonchev–Trinajstić information content (AvgIpc) is 2.45. The van der Waals surface area contributed by atoms with Crippen LogP contribution in [0.5, 0.6) is 0 Å². The number of carbonyl (C=O) groups is 1. The molecule has 0 aliphatic carbocycles. The Morgan fingerprint density at radius 3 is 2.81 bits per heavy atom. The maximum absolute atomic E-state index is 11.9. The maximum atomic E-state index is 11.9. The molecule has 0 radical (unpaired) electrons. The molecule has 0 spiro atoms. The molecule has 7 nitrogen and oxygen atoms in total. The van der Waals surface area contributed by atoms with Gasteiger partial charge in [0, 0.05) is 12.1 Å². The van der Waals surface area contributed by atoms with Crippen LogP contribution in [-0.2, 0) is 0 Å². The highest BCUT2D eigenvalue weighted by Gasteiger charge is 2.07. The number of nitrogens with zero attached hydrogens (tertiary/aromatic N) is 2. The number of amides is 1. The number of hydrogen-bond donors (Lipinski definition) is 4. The molecule has 0 aliphatic rings. The monoisotopic (exact) mass is 286 g/mol. The molecule has 0 fully saturated rings. The van der Waals surface area contributed by atoms with E-state index in [4.69, 9.17) is 16.4 Å². The number of nitrogens with one attached hydrogen (secondary N) is 3. The van der Waals surface area contributed by atoms with E-state index < -0.39 is 5.84 Å². The van der Waals surface area contributed by atoms with Crippen LogP contribution in [0.3, 0.4) is 0 Å². The lowest BCUT2D eigenvalue weighted by Gasteiger charge is -2.08. The second-order valence-electron chi connectivity index (χ2n) is 4.78. The quantitative estimate of drug-likeness (QED) is 0.357. The standard InChI is InChI=1S/C14H18N6O/c1-9(2)8-18-14(21)10-4-3-5-11(6-10)19-20-12(7-15)13(16)17/h3-6,9,19H,8H2,1-2H3,(H3,16,17)(H,18,21)/b20-12+. The molecule has 1 rings (SSSR count). The zero-order chi connectivity index (χ0) is 15.8. The van der Waals surface area contributed by atoms with Crippen LogP contribution < -0.4 is 16.5 Å². The number of amidine groups is 1. The third kappa shape index (κ3) is 5.32. The zero-order valence-electron chi connectivity index (χ0n) is 12.0. The van der Waals surface area contributed by atoms with Gasteiger partial charge in [-0.1, -0.05) is 19.9 Å². The van der Waals surface area contributed by atoms with Crippen LogP contribution in [0, 0.1) is 22.7 Å². The SMILES string of the molecule is CC(C)CNC(=O)c1cccc(N/N=C(\C#N)C(=N)N)c1. The highest BCUT2D eigenvalue weighted by molar-refractivity contribution is 6.45. The number of nitrogens with two attached hydrogens (primary N) is 1. The summed E-state index contributed by atoms with van der Waals surface area (Å²) >= 11 is 0. The van der Waals surface area contributed by atoms with Gasteiger partial charge in [0.15, 0.2) is 5.84 Å². The van der Waals surface area contributed by atoms with E-state index in [9.17, 15) is 4.79 Å². The van der Waals surface area contributed by atoms with Crippen LogP contribution in [-0.4, -0.2) is 24.0 Å². The fourth-order valence-electron chi connectivity index (χ4n) is 1.39. The van der Waals surface area contributed by atoms with Crippen LogP contribution in [0.2, 0.25) is 0 Å². The van der Waals surface area contributed by atoms with E-state index in [2.05, 4.69) is 15.8 Å². The largest absolute Gasteiger partial charge is 0.382 e. The van der Waals surface area contributed by atoms with Gasteiger partial charge in [-0.15, -0.1) is 0 Å². The third-order valence-corrected chi connectivity index (χ3v) is 2.45. The summed E-state index contributed by atoms with van der Waals surface area (Å²) in [5.41, 5.74) is 8.58. The van der Waals surface area contributed by atoms with Crippen molar-refractivity contribution in [2.45, 2.75) is 13.8 Å². The summed E-state index contributed by atoms with van der Waals surface area (Å²) in [5, 5.41) is 22.4. The van der Waals surface area contributed by atoms with Crippen molar-refractivity contribution >= 4 is 23.1 Å². The summed E-state index contributed by atoms with van der Waals surface area (Å²) in [5.74, 6) is -0.229. The van der Waals surface area contributed by atoms with Crippen molar-refractivity contribution in [1.29, 1.82) is 10.7 Å². The van der Waals surface area contributed by atoms with Crippen molar-refractivity contribution in [2.24, 2.45) is 16.8 Å². The van der Waals surface area contributed by atoms with Gasteiger partial charge in [0.1, 0.15) is 6.07 Å². The topological polar surface area (TPSA) is 127 Å². The molecule has 110 valence electrons. The van der Waals surface area contributed by atoms with Gasteiger partial charge in [-0.05, 0) is 24.1 Å². The molecule has 0 saturated carbocycles. The third-order valence-electron chi connectivity index (χ3n) is 2.45. The molecule has 21 heavy (non-hydrogen) atoms. The van der Waals surface area contributed by atoms with E-state index in [0.717, 1.165) is 0 Å². The first-order valence-electron chi connectivity index (χ1n) is 6.40. The minimum absolute atomic E-state index is 0.177. The molecule has 5 N–H and O–H groups in total. The summed E-state index contributed by atoms with van der Waals surface area (Å²) in [6.07, 6.45) is 0. The molecule has 1 aromatic rings. The lowest BCUT2D eigenvalue weighted by molar-refractivity contribution is 0.0949. The molecule has 0 heterocycles. The Labute approximate surface area is 123 Å².